The predicted octanol–water partition coefficient (Wildman–Crippen LogP) is 1.86. The maximum Gasteiger partial charge on any atom is 0.343 e. The molecule has 7 heteroatoms. The van der Waals surface area contributed by atoms with Gasteiger partial charge in [0.1, 0.15) is 0 Å². The summed E-state index contributed by atoms with van der Waals surface area (Å²) in [6.45, 7) is 2.77. The van der Waals surface area contributed by atoms with Crippen molar-refractivity contribution >= 4 is 6.08 Å². The number of hydrogen-bond donors (Lipinski definition) is 1. The molecule has 0 fully saturated rings. The Bertz CT molecular complexity index is 343. The number of ether oxygens (including phenoxy) is 1. The van der Waals surface area contributed by atoms with Gasteiger partial charge in [-0.2, -0.15) is 18.2 Å². The fraction of sp³-hybridized carbons (Fsp3) is 0. The van der Waals surface area contributed by atoms with Gasteiger partial charge in [-0.3, -0.25) is 5.10 Å². The number of nitrogens with zero attached hydrogens (tertiary/aromatic N) is 2. The monoisotopic (exact) mass is 191 g/mol. The molecular weight excluding hydrogens is 187 g/mol. The highest BCUT2D eigenvalue weighted by molar-refractivity contribution is 5.40. The maximum absolute atomic E-state index is 12.0. The molecule has 1 aromatic rings. The first-order valence-corrected chi connectivity index (χ1v) is 3.05. The molecule has 0 bridgehead atoms. The Morgan fingerprint density at radius 2 is 2.15 bits per heavy atom. The number of H-pyrrole nitrogens is 1. The van der Waals surface area contributed by atoms with Gasteiger partial charge in [0.2, 0.25) is 0 Å². The van der Waals surface area contributed by atoms with E-state index >= 15 is 0 Å². The zero-order valence-electron chi connectivity index (χ0n) is 6.22. The summed E-state index contributed by atoms with van der Waals surface area (Å²) in [5, 5.41) is 5.36. The van der Waals surface area contributed by atoms with Crippen LogP contribution in [0.25, 0.3) is 6.08 Å². The predicted molar refractivity (Wildman–Crippen MR) is 37.5 cm³/mol. The Balaban J connectivity index is 2.75. The maximum atomic E-state index is 12.0. The minimum absolute atomic E-state index is 0.226. The summed E-state index contributed by atoms with van der Waals surface area (Å²) < 4.78 is 39.4. The Morgan fingerprint density at radius 1 is 1.46 bits per heavy atom. The zero-order valence-corrected chi connectivity index (χ0v) is 6.22. The van der Waals surface area contributed by atoms with Crippen LogP contribution >= 0.6 is 0 Å². The fourth-order valence-corrected chi connectivity index (χ4v) is 0.571. The lowest BCUT2D eigenvalue weighted by Crippen LogP contribution is -1.88. The second-order valence-corrected chi connectivity index (χ2v) is 1.89. The highest BCUT2D eigenvalue weighted by atomic mass is 19.3. The highest BCUT2D eigenvalue weighted by Crippen LogP contribution is 2.09. The van der Waals surface area contributed by atoms with Crippen LogP contribution < -0.4 is 4.74 Å². The standard InChI is InChI=1S/C6H4F3N3O/c1-3(7)13-6-10-5(11-12-6)2-4(8)9/h2H,1H2,(H,10,11,12). The number of halogens is 3. The summed E-state index contributed by atoms with van der Waals surface area (Å²) in [5.74, 6) is -0.226. The molecule has 0 aromatic carbocycles. The van der Waals surface area contributed by atoms with Crippen molar-refractivity contribution in [2.24, 2.45) is 0 Å². The highest BCUT2D eigenvalue weighted by Gasteiger charge is 2.04. The van der Waals surface area contributed by atoms with Crippen LogP contribution in [0.15, 0.2) is 18.7 Å². The van der Waals surface area contributed by atoms with Gasteiger partial charge in [0.15, 0.2) is 5.82 Å². The second kappa shape index (κ2) is 3.74. The summed E-state index contributed by atoms with van der Waals surface area (Å²) in [4.78, 5) is 3.34. The van der Waals surface area contributed by atoms with Crippen molar-refractivity contribution in [3.05, 3.63) is 24.5 Å². The van der Waals surface area contributed by atoms with Gasteiger partial charge in [0, 0.05) is 6.08 Å². The first kappa shape index (κ1) is 9.30. The first-order valence-electron chi connectivity index (χ1n) is 3.05. The van der Waals surface area contributed by atoms with Gasteiger partial charge in [-0.05, 0) is 6.58 Å². The quantitative estimate of drug-likeness (QED) is 0.742. The van der Waals surface area contributed by atoms with E-state index in [1.165, 1.54) is 0 Å². The van der Waals surface area contributed by atoms with Gasteiger partial charge in [0.25, 0.3) is 12.1 Å². The summed E-state index contributed by atoms with van der Waals surface area (Å²) in [5.41, 5.74) is 0. The number of rotatable bonds is 3. The fourth-order valence-electron chi connectivity index (χ4n) is 0.571. The van der Waals surface area contributed by atoms with Crippen molar-refractivity contribution in [3.8, 4) is 6.01 Å². The van der Waals surface area contributed by atoms with Crippen LogP contribution in [0.3, 0.4) is 0 Å². The van der Waals surface area contributed by atoms with Crippen molar-refractivity contribution in [2.45, 2.75) is 0 Å². The topological polar surface area (TPSA) is 50.8 Å². The van der Waals surface area contributed by atoms with E-state index in [1.807, 2.05) is 0 Å². The molecule has 0 saturated heterocycles. The number of aromatic nitrogens is 3. The van der Waals surface area contributed by atoms with Crippen molar-refractivity contribution in [2.75, 3.05) is 0 Å². The van der Waals surface area contributed by atoms with Gasteiger partial charge >= 0.3 is 6.01 Å². The van der Waals surface area contributed by atoms with E-state index < -0.39 is 18.1 Å². The average molecular weight is 191 g/mol. The van der Waals surface area contributed by atoms with Gasteiger partial charge in [-0.1, -0.05) is 0 Å². The Kier molecular flexibility index (Phi) is 2.68. The van der Waals surface area contributed by atoms with E-state index in [0.717, 1.165) is 0 Å². The minimum atomic E-state index is -1.94. The average Bonchev–Trinajstić information content (AvgIpc) is 2.33. The lowest BCUT2D eigenvalue weighted by atomic mass is 10.6. The molecule has 0 aliphatic rings. The van der Waals surface area contributed by atoms with Crippen LogP contribution in [0.4, 0.5) is 13.2 Å². The Labute approximate surface area is 70.7 Å². The lowest BCUT2D eigenvalue weighted by Gasteiger charge is -1.90. The van der Waals surface area contributed by atoms with E-state index in [-0.39, 0.29) is 5.82 Å². The molecule has 0 atom stereocenters. The molecule has 0 amide bonds. The molecule has 1 rings (SSSR count). The molecule has 0 radical (unpaired) electrons. The Morgan fingerprint density at radius 3 is 2.69 bits per heavy atom. The number of aromatic amines is 1. The smallest absolute Gasteiger partial charge is 0.343 e. The van der Waals surface area contributed by atoms with Crippen molar-refractivity contribution in [1.82, 2.24) is 15.2 Å². The normalized spacial score (nSPS) is 9.46. The number of nitrogens with one attached hydrogen (secondary N) is 1. The summed E-state index contributed by atoms with van der Waals surface area (Å²) in [6.07, 6.45) is -1.51. The van der Waals surface area contributed by atoms with Crippen LogP contribution in [0.5, 0.6) is 6.01 Å². The molecule has 0 unspecified atom stereocenters. The van der Waals surface area contributed by atoms with Gasteiger partial charge < -0.3 is 4.74 Å². The van der Waals surface area contributed by atoms with Crippen LogP contribution in [0.2, 0.25) is 0 Å². The molecule has 0 aliphatic heterocycles. The Hall–Kier alpha value is -1.79. The second-order valence-electron chi connectivity index (χ2n) is 1.89. The van der Waals surface area contributed by atoms with Crippen LogP contribution in [-0.2, 0) is 0 Å². The molecule has 0 saturated carbocycles. The van der Waals surface area contributed by atoms with E-state index in [4.69, 9.17) is 0 Å². The summed E-state index contributed by atoms with van der Waals surface area (Å²) in [7, 11) is 0. The van der Waals surface area contributed by atoms with E-state index in [0.29, 0.717) is 6.08 Å². The third-order valence-electron chi connectivity index (χ3n) is 0.930. The van der Waals surface area contributed by atoms with Crippen LogP contribution in [0, 0.1) is 0 Å². The van der Waals surface area contributed by atoms with E-state index in [2.05, 4.69) is 26.5 Å². The molecule has 70 valence electrons. The third-order valence-corrected chi connectivity index (χ3v) is 0.930. The van der Waals surface area contributed by atoms with Crippen molar-refractivity contribution in [1.29, 1.82) is 0 Å². The first-order chi connectivity index (χ1) is 6.08. The lowest BCUT2D eigenvalue weighted by molar-refractivity contribution is 0.286. The minimum Gasteiger partial charge on any atom is -0.396 e. The summed E-state index contributed by atoms with van der Waals surface area (Å²) >= 11 is 0. The van der Waals surface area contributed by atoms with Crippen LogP contribution in [0.1, 0.15) is 5.82 Å². The molecule has 0 aliphatic carbocycles. The van der Waals surface area contributed by atoms with Crippen molar-refractivity contribution in [3.63, 3.8) is 0 Å². The third kappa shape index (κ3) is 2.97. The van der Waals surface area contributed by atoms with Crippen molar-refractivity contribution < 1.29 is 17.9 Å². The summed E-state index contributed by atoms with van der Waals surface area (Å²) in [6, 6.07) is -1.52. The van der Waals surface area contributed by atoms with Gasteiger partial charge in [0.05, 0.1) is 0 Å². The number of hydrogen-bond acceptors (Lipinski definition) is 3. The molecule has 13 heavy (non-hydrogen) atoms. The molecule has 1 N–H and O–H groups in total. The SMILES string of the molecule is C=C(F)Oc1n[nH]c(C=C(F)F)n1. The largest absolute Gasteiger partial charge is 0.396 e. The molecule has 1 aromatic heterocycles. The van der Waals surface area contributed by atoms with Gasteiger partial charge in [-0.25, -0.2) is 0 Å². The molecule has 1 heterocycles. The van der Waals surface area contributed by atoms with E-state index in [9.17, 15) is 13.2 Å². The molecule has 4 nitrogen and oxygen atoms in total. The van der Waals surface area contributed by atoms with Gasteiger partial charge in [-0.15, -0.1) is 5.10 Å². The van der Waals surface area contributed by atoms with E-state index in [1.54, 1.807) is 0 Å². The molecular formula is C6H4F3N3O. The molecule has 0 spiro atoms. The van der Waals surface area contributed by atoms with Crippen LogP contribution in [-0.4, -0.2) is 15.2 Å². The zero-order chi connectivity index (χ0) is 9.84.